The molecule has 1 rings (SSSR count). The monoisotopic (exact) mass is 328 g/mol. The van der Waals surface area contributed by atoms with E-state index in [1.165, 1.54) is 0 Å². The third-order valence-electron chi connectivity index (χ3n) is 3.86. The van der Waals surface area contributed by atoms with Gasteiger partial charge in [0.15, 0.2) is 11.6 Å². The molecule has 0 amide bonds. The van der Waals surface area contributed by atoms with Gasteiger partial charge in [-0.2, -0.15) is 11.8 Å². The molecule has 0 aromatic carbocycles. The van der Waals surface area contributed by atoms with Gasteiger partial charge in [0.1, 0.15) is 11.7 Å². The highest BCUT2D eigenvalue weighted by atomic mass is 32.2. The van der Waals surface area contributed by atoms with Gasteiger partial charge in [-0.25, -0.2) is 0 Å². The van der Waals surface area contributed by atoms with Crippen molar-refractivity contribution in [1.82, 2.24) is 0 Å². The first-order valence-corrected chi connectivity index (χ1v) is 8.72. The smallest absolute Gasteiger partial charge is 0.314 e. The number of rotatable bonds is 8. The summed E-state index contributed by atoms with van der Waals surface area (Å²) in [6, 6.07) is 0. The van der Waals surface area contributed by atoms with E-state index in [4.69, 9.17) is 0 Å². The average molecular weight is 328 g/mol. The van der Waals surface area contributed by atoms with Crippen LogP contribution in [-0.4, -0.2) is 38.8 Å². The van der Waals surface area contributed by atoms with E-state index in [2.05, 4.69) is 0 Å². The van der Waals surface area contributed by atoms with Gasteiger partial charge >= 0.3 is 5.97 Å². The van der Waals surface area contributed by atoms with Gasteiger partial charge in [0.25, 0.3) is 0 Å². The minimum Gasteiger partial charge on any atom is -0.510 e. The Morgan fingerprint density at radius 1 is 1.36 bits per heavy atom. The minimum absolute atomic E-state index is 0.0143. The van der Waals surface area contributed by atoms with Crippen molar-refractivity contribution in [3.8, 4) is 0 Å². The molecule has 0 spiro atoms. The third-order valence-corrected chi connectivity index (χ3v) is 4.95. The Morgan fingerprint density at radius 2 is 2.00 bits per heavy atom. The molecule has 5 nitrogen and oxygen atoms in total. The number of Topliss-reactive ketones (excluding diaryl/α,β-unsaturated/α-hetero) is 2. The van der Waals surface area contributed by atoms with Crippen LogP contribution in [-0.2, 0) is 14.4 Å². The van der Waals surface area contributed by atoms with Crippen LogP contribution in [0.5, 0.6) is 0 Å². The minimum atomic E-state index is -1.18. The molecule has 124 valence electrons. The molecule has 0 aromatic rings. The lowest BCUT2D eigenvalue weighted by molar-refractivity contribution is -0.144. The fourth-order valence-corrected chi connectivity index (χ4v) is 3.90. The molecule has 0 aromatic heterocycles. The zero-order valence-corrected chi connectivity index (χ0v) is 14.1. The van der Waals surface area contributed by atoms with E-state index in [1.54, 1.807) is 18.7 Å². The highest BCUT2D eigenvalue weighted by Crippen LogP contribution is 2.37. The number of carbonyl (C=O) groups excluding carboxylic acids is 2. The quantitative estimate of drug-likeness (QED) is 0.666. The zero-order chi connectivity index (χ0) is 16.9. The summed E-state index contributed by atoms with van der Waals surface area (Å²) in [5, 5.41) is 19.8. The van der Waals surface area contributed by atoms with Gasteiger partial charge in [0, 0.05) is 18.1 Å². The summed E-state index contributed by atoms with van der Waals surface area (Å²) in [7, 11) is 0. The van der Waals surface area contributed by atoms with Crippen LogP contribution in [0.3, 0.4) is 0 Å². The van der Waals surface area contributed by atoms with Crippen LogP contribution in [0.25, 0.3) is 0 Å². The van der Waals surface area contributed by atoms with Crippen LogP contribution in [0.2, 0.25) is 0 Å². The molecule has 0 aliphatic heterocycles. The number of hydrogen-bond acceptors (Lipinski definition) is 5. The molecule has 1 aliphatic rings. The molecular weight excluding hydrogens is 304 g/mol. The lowest BCUT2D eigenvalue weighted by atomic mass is 9.75. The summed E-state index contributed by atoms with van der Waals surface area (Å²) in [5.41, 5.74) is -0.290. The summed E-state index contributed by atoms with van der Waals surface area (Å²) >= 11 is 1.69. The van der Waals surface area contributed by atoms with Crippen molar-refractivity contribution < 1.29 is 24.6 Å². The molecule has 0 radical (unpaired) electrons. The summed E-state index contributed by atoms with van der Waals surface area (Å²) in [6.07, 6.45) is 1.24. The zero-order valence-electron chi connectivity index (χ0n) is 13.3. The molecule has 0 saturated heterocycles. The maximum absolute atomic E-state index is 12.2. The number of aliphatic carboxylic acids is 1. The highest BCUT2D eigenvalue weighted by Gasteiger charge is 2.42. The maximum Gasteiger partial charge on any atom is 0.314 e. The third kappa shape index (κ3) is 4.35. The Balaban J connectivity index is 3.09. The molecule has 0 fully saturated rings. The van der Waals surface area contributed by atoms with Crippen molar-refractivity contribution in [1.29, 1.82) is 0 Å². The van der Waals surface area contributed by atoms with E-state index < -0.39 is 35.1 Å². The summed E-state index contributed by atoms with van der Waals surface area (Å²) < 4.78 is 0. The lowest BCUT2D eigenvalue weighted by Gasteiger charge is -2.30. The number of carboxylic acid groups (broad SMARTS) is 1. The normalized spacial score (nSPS) is 23.5. The van der Waals surface area contributed by atoms with E-state index in [9.17, 15) is 24.6 Å². The number of aliphatic hydroxyl groups is 1. The number of allylic oxidation sites excluding steroid dienone is 1. The summed E-state index contributed by atoms with van der Waals surface area (Å²) in [4.78, 5) is 35.7. The molecule has 2 N–H and O–H groups in total. The fourth-order valence-electron chi connectivity index (χ4n) is 2.95. The molecule has 6 heteroatoms. The van der Waals surface area contributed by atoms with Crippen LogP contribution >= 0.6 is 11.8 Å². The topological polar surface area (TPSA) is 91.7 Å². The van der Waals surface area contributed by atoms with Gasteiger partial charge in [0.2, 0.25) is 0 Å². The van der Waals surface area contributed by atoms with Crippen LogP contribution < -0.4 is 0 Å². The number of carbonyl (C=O) groups is 3. The van der Waals surface area contributed by atoms with Crippen molar-refractivity contribution in [2.45, 2.75) is 51.7 Å². The van der Waals surface area contributed by atoms with Gasteiger partial charge in [-0.15, -0.1) is 0 Å². The highest BCUT2D eigenvalue weighted by molar-refractivity contribution is 7.99. The molecule has 22 heavy (non-hydrogen) atoms. The van der Waals surface area contributed by atoms with E-state index in [0.29, 0.717) is 12.8 Å². The molecule has 0 saturated carbocycles. The van der Waals surface area contributed by atoms with Crippen LogP contribution in [0.1, 0.15) is 46.5 Å². The van der Waals surface area contributed by atoms with Gasteiger partial charge in [-0.1, -0.05) is 20.8 Å². The van der Waals surface area contributed by atoms with Gasteiger partial charge < -0.3 is 10.2 Å². The second-order valence-corrected chi connectivity index (χ2v) is 7.35. The van der Waals surface area contributed by atoms with Crippen LogP contribution in [0.15, 0.2) is 11.3 Å². The van der Waals surface area contributed by atoms with Crippen molar-refractivity contribution >= 4 is 29.3 Å². The number of thioether (sulfide) groups is 1. The maximum atomic E-state index is 12.2. The predicted octanol–water partition coefficient (Wildman–Crippen LogP) is 2.99. The Morgan fingerprint density at radius 3 is 2.50 bits per heavy atom. The second-order valence-electron chi connectivity index (χ2n) is 5.64. The van der Waals surface area contributed by atoms with Gasteiger partial charge in [-0.3, -0.25) is 14.4 Å². The first kappa shape index (κ1) is 18.7. The Labute approximate surface area is 135 Å². The van der Waals surface area contributed by atoms with Crippen molar-refractivity contribution in [2.75, 3.05) is 5.75 Å². The standard InChI is InChI=1S/C16H24O5S/c1-4-6-11(17)14-12(18)8-10(7-9(3)22-5-2)13(15(14)19)16(20)21/h9-10,13,19H,4-8H2,1-3H3,(H,20,21). The Hall–Kier alpha value is -1.30. The largest absolute Gasteiger partial charge is 0.510 e. The van der Waals surface area contributed by atoms with E-state index >= 15 is 0 Å². The predicted molar refractivity (Wildman–Crippen MR) is 86.0 cm³/mol. The number of aliphatic hydroxyl groups excluding tert-OH is 1. The average Bonchev–Trinajstić information content (AvgIpc) is 2.37. The molecule has 3 unspecified atom stereocenters. The first-order valence-electron chi connectivity index (χ1n) is 7.67. The van der Waals surface area contributed by atoms with Gasteiger partial charge in [-0.05, 0) is 24.5 Å². The number of carboxylic acids is 1. The molecule has 0 bridgehead atoms. The summed E-state index contributed by atoms with van der Waals surface area (Å²) in [5.74, 6) is -3.31. The number of ketones is 2. The molecule has 0 heterocycles. The summed E-state index contributed by atoms with van der Waals surface area (Å²) in [6.45, 7) is 5.79. The van der Waals surface area contributed by atoms with E-state index in [1.807, 2.05) is 13.8 Å². The fraction of sp³-hybridized carbons (Fsp3) is 0.688. The number of hydrogen-bond donors (Lipinski definition) is 2. The molecule has 1 aliphatic carbocycles. The van der Waals surface area contributed by atoms with E-state index in [-0.39, 0.29) is 23.7 Å². The molecule has 3 atom stereocenters. The lowest BCUT2D eigenvalue weighted by Crippen LogP contribution is -2.37. The van der Waals surface area contributed by atoms with Crippen molar-refractivity contribution in [2.24, 2.45) is 11.8 Å². The van der Waals surface area contributed by atoms with Crippen LogP contribution in [0, 0.1) is 11.8 Å². The molecular formula is C16H24O5S. The van der Waals surface area contributed by atoms with Crippen LogP contribution in [0.4, 0.5) is 0 Å². The SMILES string of the molecule is CCCC(=O)C1=C(O)C(C(=O)O)C(CC(C)SCC)CC1=O. The first-order chi connectivity index (χ1) is 10.3. The second kappa shape index (κ2) is 8.36. The van der Waals surface area contributed by atoms with Crippen molar-refractivity contribution in [3.63, 3.8) is 0 Å². The van der Waals surface area contributed by atoms with Crippen molar-refractivity contribution in [3.05, 3.63) is 11.3 Å². The van der Waals surface area contributed by atoms with E-state index in [0.717, 1.165) is 5.75 Å². The van der Waals surface area contributed by atoms with Gasteiger partial charge in [0.05, 0.1) is 5.57 Å². The Kier molecular flexibility index (Phi) is 7.13. The Bertz CT molecular complexity index is 483.